The molecule has 0 saturated carbocycles. The van der Waals surface area contributed by atoms with Crippen molar-refractivity contribution in [2.75, 3.05) is 33.4 Å². The Morgan fingerprint density at radius 2 is 1.79 bits per heavy atom. The third-order valence-electron chi connectivity index (χ3n) is 4.86. The third kappa shape index (κ3) is 5.73. The van der Waals surface area contributed by atoms with E-state index in [1.807, 2.05) is 30.3 Å². The summed E-state index contributed by atoms with van der Waals surface area (Å²) >= 11 is 0. The first-order valence-electron chi connectivity index (χ1n) is 10.0. The van der Waals surface area contributed by atoms with Crippen molar-refractivity contribution in [1.29, 1.82) is 0 Å². The lowest BCUT2D eigenvalue weighted by molar-refractivity contribution is 0.0978. The number of ketones is 1. The fourth-order valence-corrected chi connectivity index (χ4v) is 3.34. The number of para-hydroxylation sites is 1. The number of fused-ring (bicyclic) bond motifs is 1. The van der Waals surface area contributed by atoms with Gasteiger partial charge < -0.3 is 19.5 Å². The van der Waals surface area contributed by atoms with Crippen molar-refractivity contribution in [2.45, 2.75) is 32.1 Å². The van der Waals surface area contributed by atoms with Gasteiger partial charge in [-0.05, 0) is 68.6 Å². The summed E-state index contributed by atoms with van der Waals surface area (Å²) in [7, 11) is 1.71. The smallest absolute Gasteiger partial charge is 0.163 e. The van der Waals surface area contributed by atoms with Crippen molar-refractivity contribution >= 4 is 5.78 Å². The van der Waals surface area contributed by atoms with Gasteiger partial charge in [-0.2, -0.15) is 0 Å². The normalized spacial score (nSPS) is 12.6. The van der Waals surface area contributed by atoms with Gasteiger partial charge in [0.15, 0.2) is 17.3 Å². The van der Waals surface area contributed by atoms with Crippen molar-refractivity contribution in [3.63, 3.8) is 0 Å². The summed E-state index contributed by atoms with van der Waals surface area (Å²) in [5.41, 5.74) is 1.95. The zero-order valence-electron chi connectivity index (χ0n) is 16.5. The third-order valence-corrected chi connectivity index (χ3v) is 4.86. The molecule has 1 aliphatic rings. The van der Waals surface area contributed by atoms with Crippen LogP contribution in [0, 0.1) is 0 Å². The van der Waals surface area contributed by atoms with E-state index in [2.05, 4.69) is 11.4 Å². The lowest BCUT2D eigenvalue weighted by Gasteiger charge is -2.18. The van der Waals surface area contributed by atoms with E-state index < -0.39 is 0 Å². The number of benzene rings is 2. The van der Waals surface area contributed by atoms with Gasteiger partial charge in [-0.15, -0.1) is 0 Å². The maximum Gasteiger partial charge on any atom is 0.163 e. The quantitative estimate of drug-likeness (QED) is 0.469. The molecule has 2 aromatic rings. The Balaban J connectivity index is 1.28. The topological polar surface area (TPSA) is 56.8 Å². The molecule has 5 heteroatoms. The van der Waals surface area contributed by atoms with Crippen LogP contribution in [0.15, 0.2) is 42.5 Å². The second-order valence-corrected chi connectivity index (χ2v) is 6.90. The molecule has 5 nitrogen and oxygen atoms in total. The first-order chi connectivity index (χ1) is 13.8. The lowest BCUT2D eigenvalue weighted by atomic mass is 10.0. The van der Waals surface area contributed by atoms with Gasteiger partial charge in [-0.1, -0.05) is 18.2 Å². The van der Waals surface area contributed by atoms with Crippen LogP contribution in [0.1, 0.15) is 41.6 Å². The minimum atomic E-state index is 0.160. The van der Waals surface area contributed by atoms with Crippen LogP contribution < -0.4 is 19.5 Å². The van der Waals surface area contributed by atoms with Crippen LogP contribution in [0.4, 0.5) is 0 Å². The highest BCUT2D eigenvalue weighted by molar-refractivity contribution is 5.96. The monoisotopic (exact) mass is 383 g/mol. The number of carbonyl (C=O) groups is 1. The zero-order valence-corrected chi connectivity index (χ0v) is 16.5. The molecule has 28 heavy (non-hydrogen) atoms. The van der Waals surface area contributed by atoms with Crippen molar-refractivity contribution < 1.29 is 19.0 Å². The summed E-state index contributed by atoms with van der Waals surface area (Å²) in [4.78, 5) is 12.4. The standard InChI is InChI=1S/C23H29NO4/c1-26-21-10-3-2-7-18(21)8-6-14-24-13-5-4-9-20(25)19-11-12-22-23(17-19)28-16-15-27-22/h2-3,7,10-12,17,24H,4-6,8-9,13-16H2,1H3. The number of unbranched alkanes of at least 4 members (excludes halogenated alkanes) is 1. The highest BCUT2D eigenvalue weighted by Gasteiger charge is 2.14. The molecule has 0 aromatic heterocycles. The molecule has 0 aliphatic carbocycles. The Morgan fingerprint density at radius 3 is 2.64 bits per heavy atom. The second-order valence-electron chi connectivity index (χ2n) is 6.90. The minimum absolute atomic E-state index is 0.160. The maximum atomic E-state index is 12.4. The van der Waals surface area contributed by atoms with Crippen LogP contribution in [-0.2, 0) is 6.42 Å². The zero-order chi connectivity index (χ0) is 19.6. The number of ether oxygens (including phenoxy) is 3. The average Bonchev–Trinajstić information content (AvgIpc) is 2.75. The lowest BCUT2D eigenvalue weighted by Crippen LogP contribution is -2.17. The molecule has 1 N–H and O–H groups in total. The Hall–Kier alpha value is -2.53. The van der Waals surface area contributed by atoms with Gasteiger partial charge in [0.05, 0.1) is 7.11 Å². The molecule has 0 atom stereocenters. The summed E-state index contributed by atoms with van der Waals surface area (Å²) in [5, 5.41) is 3.46. The summed E-state index contributed by atoms with van der Waals surface area (Å²) in [5.74, 6) is 2.52. The summed E-state index contributed by atoms with van der Waals surface area (Å²) in [6.45, 7) is 2.99. The number of rotatable bonds is 11. The number of Topliss-reactive ketones (excluding diaryl/α,β-unsaturated/α-hetero) is 1. The summed E-state index contributed by atoms with van der Waals surface area (Å²) in [6.07, 6.45) is 4.50. The fourth-order valence-electron chi connectivity index (χ4n) is 3.34. The number of methoxy groups -OCH3 is 1. The summed E-state index contributed by atoms with van der Waals surface area (Å²) < 4.78 is 16.4. The van der Waals surface area contributed by atoms with Crippen molar-refractivity contribution in [3.05, 3.63) is 53.6 Å². The Bertz CT molecular complexity index is 775. The van der Waals surface area contributed by atoms with Crippen LogP contribution in [-0.4, -0.2) is 39.2 Å². The van der Waals surface area contributed by atoms with Crippen molar-refractivity contribution in [1.82, 2.24) is 5.32 Å². The molecule has 150 valence electrons. The number of hydrogen-bond donors (Lipinski definition) is 1. The number of hydrogen-bond acceptors (Lipinski definition) is 5. The van der Waals surface area contributed by atoms with E-state index in [4.69, 9.17) is 14.2 Å². The van der Waals surface area contributed by atoms with Crippen LogP contribution in [0.5, 0.6) is 17.2 Å². The van der Waals surface area contributed by atoms with Gasteiger partial charge in [0, 0.05) is 12.0 Å². The molecule has 2 aromatic carbocycles. The molecule has 0 fully saturated rings. The number of carbonyl (C=O) groups excluding carboxylic acids is 1. The molecule has 0 amide bonds. The van der Waals surface area contributed by atoms with Crippen LogP contribution in [0.25, 0.3) is 0 Å². The van der Waals surface area contributed by atoms with Crippen LogP contribution in [0.3, 0.4) is 0 Å². The number of nitrogens with one attached hydrogen (secondary N) is 1. The molecule has 3 rings (SSSR count). The molecular formula is C23H29NO4. The van der Waals surface area contributed by atoms with E-state index in [1.54, 1.807) is 13.2 Å². The Morgan fingerprint density at radius 1 is 1.00 bits per heavy atom. The Labute approximate surface area is 167 Å². The summed E-state index contributed by atoms with van der Waals surface area (Å²) in [6, 6.07) is 13.6. The van der Waals surface area contributed by atoms with Gasteiger partial charge in [0.2, 0.25) is 0 Å². The molecule has 0 radical (unpaired) electrons. The number of aryl methyl sites for hydroxylation is 1. The molecule has 0 unspecified atom stereocenters. The van der Waals surface area contributed by atoms with Crippen LogP contribution >= 0.6 is 0 Å². The largest absolute Gasteiger partial charge is 0.496 e. The van der Waals surface area contributed by atoms with Crippen molar-refractivity contribution in [2.24, 2.45) is 0 Å². The Kier molecular flexibility index (Phi) is 7.73. The highest BCUT2D eigenvalue weighted by atomic mass is 16.6. The SMILES string of the molecule is COc1ccccc1CCCNCCCCC(=O)c1ccc2c(c1)OCCO2. The van der Waals surface area contributed by atoms with E-state index >= 15 is 0 Å². The minimum Gasteiger partial charge on any atom is -0.496 e. The highest BCUT2D eigenvalue weighted by Crippen LogP contribution is 2.31. The first-order valence-corrected chi connectivity index (χ1v) is 10.0. The van der Waals surface area contributed by atoms with Gasteiger partial charge in [0.1, 0.15) is 19.0 Å². The van der Waals surface area contributed by atoms with Gasteiger partial charge in [-0.3, -0.25) is 4.79 Å². The molecule has 1 heterocycles. The van der Waals surface area contributed by atoms with E-state index in [0.717, 1.165) is 50.3 Å². The van der Waals surface area contributed by atoms with E-state index in [-0.39, 0.29) is 5.78 Å². The van der Waals surface area contributed by atoms with Crippen LogP contribution in [0.2, 0.25) is 0 Å². The first kappa shape index (κ1) is 20.2. The molecular weight excluding hydrogens is 354 g/mol. The fraction of sp³-hybridized carbons (Fsp3) is 0.435. The van der Waals surface area contributed by atoms with Gasteiger partial charge in [0.25, 0.3) is 0 Å². The van der Waals surface area contributed by atoms with E-state index in [0.29, 0.717) is 30.9 Å². The van der Waals surface area contributed by atoms with E-state index in [9.17, 15) is 4.79 Å². The molecule has 0 saturated heterocycles. The molecule has 0 bridgehead atoms. The van der Waals surface area contributed by atoms with Gasteiger partial charge in [-0.25, -0.2) is 0 Å². The molecule has 1 aliphatic heterocycles. The predicted molar refractivity (Wildman–Crippen MR) is 110 cm³/mol. The average molecular weight is 383 g/mol. The van der Waals surface area contributed by atoms with Gasteiger partial charge >= 0.3 is 0 Å². The second kappa shape index (κ2) is 10.7. The van der Waals surface area contributed by atoms with Crippen molar-refractivity contribution in [3.8, 4) is 17.2 Å². The molecule has 0 spiro atoms. The predicted octanol–water partition coefficient (Wildman–Crippen LogP) is 4.04. The maximum absolute atomic E-state index is 12.4. The van der Waals surface area contributed by atoms with E-state index in [1.165, 1.54) is 5.56 Å².